The quantitative estimate of drug-likeness (QED) is 0.754. The van der Waals surface area contributed by atoms with Gasteiger partial charge in [0.15, 0.2) is 9.84 Å². The van der Waals surface area contributed by atoms with Crippen LogP contribution in [-0.2, 0) is 19.4 Å². The van der Waals surface area contributed by atoms with Crippen LogP contribution in [0.15, 0.2) is 53.4 Å². The lowest BCUT2D eigenvalue weighted by Crippen LogP contribution is -2.28. The first-order chi connectivity index (χ1) is 12.8. The number of carbonyl (C=O) groups is 1. The summed E-state index contributed by atoms with van der Waals surface area (Å²) in [5.41, 5.74) is -0.945. The van der Waals surface area contributed by atoms with E-state index < -0.39 is 32.4 Å². The topological polar surface area (TPSA) is 89.9 Å². The third-order valence-corrected chi connectivity index (χ3v) is 7.53. The Labute approximate surface area is 162 Å². The third-order valence-electron chi connectivity index (χ3n) is 4.99. The number of ether oxygens (including phenoxy) is 2. The highest BCUT2D eigenvalue weighted by Crippen LogP contribution is 2.64. The average Bonchev–Trinajstić information content (AvgIpc) is 3.33. The second-order valence-electron chi connectivity index (χ2n) is 6.45. The molecule has 6 nitrogen and oxygen atoms in total. The molecule has 1 aliphatic rings. The molecule has 0 aliphatic heterocycles. The average molecular weight is 411 g/mol. The van der Waals surface area contributed by atoms with Crippen LogP contribution in [0, 0.1) is 5.41 Å². The van der Waals surface area contributed by atoms with Crippen molar-refractivity contribution in [3.05, 3.63) is 59.1 Å². The van der Waals surface area contributed by atoms with Crippen LogP contribution >= 0.6 is 11.6 Å². The maximum Gasteiger partial charge on any atom is 0.314 e. The van der Waals surface area contributed by atoms with Crippen molar-refractivity contribution in [3.8, 4) is 5.75 Å². The summed E-state index contributed by atoms with van der Waals surface area (Å²) >= 11 is 5.85. The van der Waals surface area contributed by atoms with Gasteiger partial charge in [0.1, 0.15) is 11.2 Å². The summed E-state index contributed by atoms with van der Waals surface area (Å²) in [6, 6.07) is 12.5. The van der Waals surface area contributed by atoms with Gasteiger partial charge >= 0.3 is 5.97 Å². The number of hydrogen-bond acceptors (Lipinski definition) is 5. The number of carboxylic acid groups (broad SMARTS) is 1. The largest absolute Gasteiger partial charge is 0.497 e. The summed E-state index contributed by atoms with van der Waals surface area (Å²) in [5.74, 6) is -1.33. The number of hydrogen-bond donors (Lipinski definition) is 1. The molecule has 3 rings (SSSR count). The van der Waals surface area contributed by atoms with Crippen molar-refractivity contribution in [3.63, 3.8) is 0 Å². The standard InChI is InChI=1S/C19H19ClO6S/c1-25-11-19(18(21)22)16(12-3-7-14(26-2)8-4-12)17(19)27(23,24)15-9-5-13(20)6-10-15/h3-10,16-17H,11H2,1-2H3,(H,21,22). The normalized spacial score (nSPS) is 24.4. The smallest absolute Gasteiger partial charge is 0.314 e. The number of carboxylic acids is 1. The molecule has 0 saturated heterocycles. The molecule has 27 heavy (non-hydrogen) atoms. The lowest BCUT2D eigenvalue weighted by Gasteiger charge is -2.12. The van der Waals surface area contributed by atoms with E-state index in [0.29, 0.717) is 16.3 Å². The molecule has 3 unspecified atom stereocenters. The summed E-state index contributed by atoms with van der Waals surface area (Å²) in [7, 11) is -1.04. The lowest BCUT2D eigenvalue weighted by molar-refractivity contribution is -0.145. The van der Waals surface area contributed by atoms with E-state index in [9.17, 15) is 18.3 Å². The van der Waals surface area contributed by atoms with E-state index in [-0.39, 0.29) is 11.5 Å². The minimum Gasteiger partial charge on any atom is -0.497 e. The van der Waals surface area contributed by atoms with Crippen molar-refractivity contribution < 1.29 is 27.8 Å². The van der Waals surface area contributed by atoms with Crippen molar-refractivity contribution >= 4 is 27.4 Å². The van der Waals surface area contributed by atoms with Crippen LogP contribution in [0.3, 0.4) is 0 Å². The Kier molecular flexibility index (Phi) is 5.20. The van der Waals surface area contributed by atoms with Crippen LogP contribution in [0.25, 0.3) is 0 Å². The van der Waals surface area contributed by atoms with E-state index in [4.69, 9.17) is 21.1 Å². The van der Waals surface area contributed by atoms with Crippen LogP contribution in [0.5, 0.6) is 5.75 Å². The van der Waals surface area contributed by atoms with Crippen molar-refractivity contribution in [2.24, 2.45) is 5.41 Å². The first kappa shape index (κ1) is 19.7. The minimum absolute atomic E-state index is 0.0367. The van der Waals surface area contributed by atoms with E-state index >= 15 is 0 Å². The van der Waals surface area contributed by atoms with E-state index in [0.717, 1.165) is 0 Å². The summed E-state index contributed by atoms with van der Waals surface area (Å²) in [6.07, 6.45) is 0. The molecule has 1 aliphatic carbocycles. The molecule has 1 saturated carbocycles. The van der Waals surface area contributed by atoms with Crippen molar-refractivity contribution in [2.75, 3.05) is 20.8 Å². The number of aliphatic carboxylic acids is 1. The second kappa shape index (κ2) is 7.14. The van der Waals surface area contributed by atoms with E-state index in [1.807, 2.05) is 0 Å². The van der Waals surface area contributed by atoms with Crippen LogP contribution in [-0.4, -0.2) is 45.6 Å². The Morgan fingerprint density at radius 2 is 1.70 bits per heavy atom. The fraction of sp³-hybridized carbons (Fsp3) is 0.316. The molecule has 1 N–H and O–H groups in total. The lowest BCUT2D eigenvalue weighted by atomic mass is 10.00. The zero-order chi connectivity index (χ0) is 19.8. The Morgan fingerprint density at radius 3 is 2.19 bits per heavy atom. The summed E-state index contributed by atoms with van der Waals surface area (Å²) in [5, 5.41) is 9.16. The van der Waals surface area contributed by atoms with Gasteiger partial charge < -0.3 is 14.6 Å². The van der Waals surface area contributed by atoms with Crippen molar-refractivity contribution in [2.45, 2.75) is 16.1 Å². The fourth-order valence-corrected chi connectivity index (χ4v) is 6.13. The van der Waals surface area contributed by atoms with Crippen LogP contribution in [0.1, 0.15) is 11.5 Å². The predicted molar refractivity (Wildman–Crippen MR) is 100 cm³/mol. The first-order valence-electron chi connectivity index (χ1n) is 8.14. The van der Waals surface area contributed by atoms with Crippen molar-refractivity contribution in [1.29, 1.82) is 0 Å². The van der Waals surface area contributed by atoms with E-state index in [1.165, 1.54) is 38.5 Å². The molecule has 0 aromatic heterocycles. The first-order valence-corrected chi connectivity index (χ1v) is 10.1. The third kappa shape index (κ3) is 3.20. The second-order valence-corrected chi connectivity index (χ2v) is 8.95. The molecule has 2 aromatic carbocycles. The molecule has 0 radical (unpaired) electrons. The molecular weight excluding hydrogens is 392 g/mol. The van der Waals surface area contributed by atoms with Crippen molar-refractivity contribution in [1.82, 2.24) is 0 Å². The minimum atomic E-state index is -3.92. The summed E-state index contributed by atoms with van der Waals surface area (Å²) in [4.78, 5) is 12.2. The monoisotopic (exact) mass is 410 g/mol. The van der Waals surface area contributed by atoms with Crippen LogP contribution in [0.4, 0.5) is 0 Å². The molecule has 3 atom stereocenters. The van der Waals surface area contributed by atoms with Gasteiger partial charge in [0.2, 0.25) is 0 Å². The molecule has 0 heterocycles. The number of benzene rings is 2. The molecular formula is C19H19ClO6S. The van der Waals surface area contributed by atoms with Gasteiger partial charge in [0.05, 0.1) is 23.9 Å². The van der Waals surface area contributed by atoms with Gasteiger partial charge in [-0.2, -0.15) is 0 Å². The summed E-state index contributed by atoms with van der Waals surface area (Å²) in [6.45, 7) is -0.212. The Bertz CT molecular complexity index is 939. The maximum atomic E-state index is 13.2. The Hall–Kier alpha value is -2.09. The van der Waals surface area contributed by atoms with E-state index in [2.05, 4.69) is 0 Å². The molecule has 2 aromatic rings. The maximum absolute atomic E-state index is 13.2. The van der Waals surface area contributed by atoms with Crippen LogP contribution < -0.4 is 4.74 Å². The summed E-state index contributed by atoms with van der Waals surface area (Å²) < 4.78 is 36.7. The number of halogens is 1. The fourth-order valence-electron chi connectivity index (χ4n) is 3.64. The number of rotatable bonds is 7. The number of sulfone groups is 1. The van der Waals surface area contributed by atoms with Gasteiger partial charge in [0.25, 0.3) is 0 Å². The highest BCUT2D eigenvalue weighted by Gasteiger charge is 2.76. The molecule has 1 fully saturated rings. The molecule has 0 amide bonds. The Balaban J connectivity index is 2.09. The molecule has 0 bridgehead atoms. The Morgan fingerprint density at radius 1 is 1.11 bits per heavy atom. The van der Waals surface area contributed by atoms with Gasteiger partial charge in [-0.15, -0.1) is 0 Å². The number of methoxy groups -OCH3 is 2. The van der Waals surface area contributed by atoms with Gasteiger partial charge in [0, 0.05) is 18.1 Å². The van der Waals surface area contributed by atoms with Crippen LogP contribution in [0.2, 0.25) is 5.02 Å². The van der Waals surface area contributed by atoms with E-state index in [1.54, 1.807) is 24.3 Å². The predicted octanol–water partition coefficient (Wildman–Crippen LogP) is 3.01. The highest BCUT2D eigenvalue weighted by atomic mass is 35.5. The molecule has 8 heteroatoms. The zero-order valence-corrected chi connectivity index (χ0v) is 16.3. The molecule has 0 spiro atoms. The SMILES string of the molecule is COCC1(C(=O)O)C(c2ccc(OC)cc2)C1S(=O)(=O)c1ccc(Cl)cc1. The molecule has 144 valence electrons. The van der Waals surface area contributed by atoms with Gasteiger partial charge in [-0.3, -0.25) is 4.79 Å². The van der Waals surface area contributed by atoms with Gasteiger partial charge in [-0.1, -0.05) is 23.7 Å². The highest BCUT2D eigenvalue weighted by molar-refractivity contribution is 7.92. The van der Waals surface area contributed by atoms with Gasteiger partial charge in [-0.05, 0) is 42.0 Å². The zero-order valence-electron chi connectivity index (χ0n) is 14.8. The van der Waals surface area contributed by atoms with Gasteiger partial charge in [-0.25, -0.2) is 8.42 Å².